The van der Waals surface area contributed by atoms with Gasteiger partial charge in [0.2, 0.25) is 0 Å². The van der Waals surface area contributed by atoms with Crippen LogP contribution in [0.3, 0.4) is 0 Å². The van der Waals surface area contributed by atoms with Crippen molar-refractivity contribution in [3.05, 3.63) is 176 Å². The van der Waals surface area contributed by atoms with Gasteiger partial charge in [0.15, 0.2) is 0 Å². The van der Waals surface area contributed by atoms with Gasteiger partial charge in [-0.2, -0.15) is 0 Å². The summed E-state index contributed by atoms with van der Waals surface area (Å²) in [6.07, 6.45) is 0. The Morgan fingerprint density at radius 3 is 1.38 bits per heavy atom. The van der Waals surface area contributed by atoms with Gasteiger partial charge in [-0.05, 0) is 68.7 Å². The van der Waals surface area contributed by atoms with E-state index in [2.05, 4.69) is 78.9 Å². The normalized spacial score (nSPS) is 9.73. The van der Waals surface area contributed by atoms with E-state index in [1.165, 1.54) is 32.3 Å². The Kier molecular flexibility index (Phi) is 9.45. The standard InChI is InChI=1S/C14H9.C10H7.C6H6O.C6H5/c1-2-6-12-10-14-8-4-3-7-13(14)9-11(12)5-1;1-2-6-10-8-4-3-7-9(10)5-1;7-6-4-2-1-3-5-6;1-2-4-6-5-3-1/h1-9H;1-7H;1-5,7H;1-5H. The molecule has 3 radical (unpaired) electrons. The maximum absolute atomic E-state index is 8.63. The van der Waals surface area contributed by atoms with Gasteiger partial charge in [-0.25, -0.2) is 0 Å². The maximum atomic E-state index is 8.63. The van der Waals surface area contributed by atoms with Gasteiger partial charge in [-0.15, -0.1) is 0 Å². The Bertz CT molecular complexity index is 1430. The number of fused-ring (bicyclic) bond motifs is 3. The average Bonchev–Trinajstić information content (AvgIpc) is 2.98. The minimum Gasteiger partial charge on any atom is -0.508 e. The van der Waals surface area contributed by atoms with E-state index in [9.17, 15) is 0 Å². The highest BCUT2D eigenvalue weighted by atomic mass is 16.3. The van der Waals surface area contributed by atoms with Crippen LogP contribution in [0.4, 0.5) is 0 Å². The Hall–Kier alpha value is -4.88. The molecule has 0 aromatic heterocycles. The van der Waals surface area contributed by atoms with Crippen LogP contribution in [0.5, 0.6) is 5.75 Å². The summed E-state index contributed by atoms with van der Waals surface area (Å²) < 4.78 is 0. The fourth-order valence-electron chi connectivity index (χ4n) is 3.62. The van der Waals surface area contributed by atoms with Crippen LogP contribution >= 0.6 is 0 Å². The first-order valence-electron chi connectivity index (χ1n) is 12.1. The lowest BCUT2D eigenvalue weighted by Gasteiger charge is -2.00. The molecule has 37 heavy (non-hydrogen) atoms. The van der Waals surface area contributed by atoms with Crippen molar-refractivity contribution in [2.24, 2.45) is 0 Å². The summed E-state index contributed by atoms with van der Waals surface area (Å²) in [5.74, 6) is 0.322. The molecule has 0 aliphatic rings. The number of benzene rings is 7. The van der Waals surface area contributed by atoms with Gasteiger partial charge in [0.25, 0.3) is 0 Å². The van der Waals surface area contributed by atoms with Crippen molar-refractivity contribution in [1.29, 1.82) is 0 Å². The molecule has 177 valence electrons. The Balaban J connectivity index is 0.000000122. The third kappa shape index (κ3) is 8.09. The molecular weight excluding hydrogens is 448 g/mol. The zero-order valence-corrected chi connectivity index (χ0v) is 20.5. The molecule has 0 bridgehead atoms. The predicted molar refractivity (Wildman–Crippen MR) is 156 cm³/mol. The number of phenolic OH excluding ortho intramolecular Hbond substituents is 1. The second-order valence-corrected chi connectivity index (χ2v) is 8.11. The lowest BCUT2D eigenvalue weighted by Crippen LogP contribution is -1.75. The summed E-state index contributed by atoms with van der Waals surface area (Å²) in [5, 5.41) is 16.0. The smallest absolute Gasteiger partial charge is 0.115 e. The van der Waals surface area contributed by atoms with Crippen LogP contribution in [0.25, 0.3) is 32.3 Å². The molecule has 7 aromatic carbocycles. The Morgan fingerprint density at radius 1 is 0.405 bits per heavy atom. The van der Waals surface area contributed by atoms with Gasteiger partial charge < -0.3 is 5.11 Å². The summed E-state index contributed by atoms with van der Waals surface area (Å²) in [5.41, 5.74) is 0. The van der Waals surface area contributed by atoms with Gasteiger partial charge in [0.05, 0.1) is 0 Å². The monoisotopic (exact) mass is 475 g/mol. The van der Waals surface area contributed by atoms with Crippen LogP contribution in [-0.2, 0) is 0 Å². The molecule has 0 spiro atoms. The SMILES string of the molecule is Oc1ccccc1.[c]1c2ccccc2cc2ccccc12.[c]1cccc2ccccc12.[c]1ccccc1. The first kappa shape index (κ1) is 25.2. The lowest BCUT2D eigenvalue weighted by molar-refractivity contribution is 0.475. The third-order valence-corrected chi connectivity index (χ3v) is 5.44. The molecule has 1 nitrogen and oxygen atoms in total. The molecule has 0 aliphatic heterocycles. The van der Waals surface area contributed by atoms with E-state index >= 15 is 0 Å². The topological polar surface area (TPSA) is 20.2 Å². The highest BCUT2D eigenvalue weighted by molar-refractivity contribution is 5.97. The molecule has 0 fully saturated rings. The fourth-order valence-corrected chi connectivity index (χ4v) is 3.62. The fraction of sp³-hybridized carbons (Fsp3) is 0. The van der Waals surface area contributed by atoms with Crippen molar-refractivity contribution in [3.63, 3.8) is 0 Å². The van der Waals surface area contributed by atoms with Gasteiger partial charge in [0, 0.05) is 0 Å². The van der Waals surface area contributed by atoms with E-state index in [0.717, 1.165) is 0 Å². The number of rotatable bonds is 0. The molecule has 7 rings (SSSR count). The first-order valence-corrected chi connectivity index (χ1v) is 12.1. The quantitative estimate of drug-likeness (QED) is 0.217. The van der Waals surface area contributed by atoms with Gasteiger partial charge in [-0.3, -0.25) is 0 Å². The molecule has 0 saturated heterocycles. The van der Waals surface area contributed by atoms with Crippen molar-refractivity contribution in [2.45, 2.75) is 0 Å². The van der Waals surface area contributed by atoms with E-state index in [1.807, 2.05) is 72.8 Å². The van der Waals surface area contributed by atoms with Crippen molar-refractivity contribution in [2.75, 3.05) is 0 Å². The number of phenols is 1. The van der Waals surface area contributed by atoms with E-state index in [1.54, 1.807) is 24.3 Å². The van der Waals surface area contributed by atoms with Crippen molar-refractivity contribution in [3.8, 4) is 5.75 Å². The Morgan fingerprint density at radius 2 is 0.892 bits per heavy atom. The molecule has 0 atom stereocenters. The molecular formula is C36H27O. The number of aromatic hydroxyl groups is 1. The van der Waals surface area contributed by atoms with Crippen LogP contribution in [0, 0.1) is 18.2 Å². The van der Waals surface area contributed by atoms with E-state index in [0.29, 0.717) is 5.75 Å². The van der Waals surface area contributed by atoms with E-state index < -0.39 is 0 Å². The van der Waals surface area contributed by atoms with Crippen molar-refractivity contribution < 1.29 is 5.11 Å². The summed E-state index contributed by atoms with van der Waals surface area (Å²) >= 11 is 0. The van der Waals surface area contributed by atoms with Crippen molar-refractivity contribution in [1.82, 2.24) is 0 Å². The summed E-state index contributed by atoms with van der Waals surface area (Å²) in [4.78, 5) is 0. The van der Waals surface area contributed by atoms with Crippen LogP contribution < -0.4 is 0 Å². The summed E-state index contributed by atoms with van der Waals surface area (Å²) in [6, 6.07) is 60.9. The van der Waals surface area contributed by atoms with Crippen LogP contribution in [0.1, 0.15) is 0 Å². The number of hydrogen-bond acceptors (Lipinski definition) is 1. The van der Waals surface area contributed by atoms with Crippen LogP contribution in [0.15, 0.2) is 158 Å². The predicted octanol–water partition coefficient (Wildman–Crippen LogP) is 9.31. The van der Waals surface area contributed by atoms with Gasteiger partial charge in [0.1, 0.15) is 5.75 Å². The number of hydrogen-bond donors (Lipinski definition) is 1. The molecule has 1 heteroatoms. The second kappa shape index (κ2) is 13.9. The highest BCUT2D eigenvalue weighted by Gasteiger charge is 1.96. The molecule has 0 saturated carbocycles. The van der Waals surface area contributed by atoms with Crippen molar-refractivity contribution >= 4 is 32.3 Å². The van der Waals surface area contributed by atoms with Gasteiger partial charge >= 0.3 is 0 Å². The number of para-hydroxylation sites is 1. The molecule has 0 heterocycles. The van der Waals surface area contributed by atoms with E-state index in [-0.39, 0.29) is 0 Å². The molecule has 7 aromatic rings. The largest absolute Gasteiger partial charge is 0.508 e. The second-order valence-electron chi connectivity index (χ2n) is 8.11. The lowest BCUT2D eigenvalue weighted by atomic mass is 10.0. The zero-order valence-electron chi connectivity index (χ0n) is 20.5. The highest BCUT2D eigenvalue weighted by Crippen LogP contribution is 2.21. The molecule has 1 N–H and O–H groups in total. The minimum atomic E-state index is 0.322. The summed E-state index contributed by atoms with van der Waals surface area (Å²) in [7, 11) is 0. The zero-order chi connectivity index (χ0) is 25.5. The third-order valence-electron chi connectivity index (χ3n) is 5.44. The average molecular weight is 476 g/mol. The first-order chi connectivity index (χ1) is 18.3. The minimum absolute atomic E-state index is 0.322. The van der Waals surface area contributed by atoms with E-state index in [4.69, 9.17) is 5.11 Å². The van der Waals surface area contributed by atoms with Crippen LogP contribution in [0.2, 0.25) is 0 Å². The molecule has 0 unspecified atom stereocenters. The van der Waals surface area contributed by atoms with Crippen LogP contribution in [-0.4, -0.2) is 5.11 Å². The molecule has 0 aliphatic carbocycles. The van der Waals surface area contributed by atoms with Gasteiger partial charge in [-0.1, -0.05) is 140 Å². The molecule has 0 amide bonds. The summed E-state index contributed by atoms with van der Waals surface area (Å²) in [6.45, 7) is 0. The maximum Gasteiger partial charge on any atom is 0.115 e. The Labute approximate surface area is 218 Å².